The topological polar surface area (TPSA) is 68.0 Å². The highest BCUT2D eigenvalue weighted by Gasteiger charge is 2.32. The number of amides is 1. The summed E-state index contributed by atoms with van der Waals surface area (Å²) in [5, 5.41) is 6.40. The standard InChI is InChI=1S/C22H19F6N3O2/c1-3-12(2)17(29-19(32)13-7-9-15(10-8-13)21(23,24)25)20-30-18(31-33-20)14-5-4-6-16(11-14)22(26,27)28/h4-12,17H,3H2,1-2H3,(H,29,32)/t12-,17-/m1/s1. The average Bonchev–Trinajstić information content (AvgIpc) is 3.26. The van der Waals surface area contributed by atoms with Crippen LogP contribution in [0.2, 0.25) is 0 Å². The number of rotatable bonds is 6. The van der Waals surface area contributed by atoms with Crippen LogP contribution in [-0.2, 0) is 12.4 Å². The molecule has 3 rings (SSSR count). The second-order valence-corrected chi connectivity index (χ2v) is 7.45. The fourth-order valence-electron chi connectivity index (χ4n) is 3.03. The molecule has 2 aromatic carbocycles. The molecule has 2 atom stereocenters. The summed E-state index contributed by atoms with van der Waals surface area (Å²) >= 11 is 0. The molecule has 1 heterocycles. The number of aromatic nitrogens is 2. The summed E-state index contributed by atoms with van der Waals surface area (Å²) < 4.78 is 82.4. The van der Waals surface area contributed by atoms with Crippen LogP contribution in [-0.4, -0.2) is 16.0 Å². The Bertz CT molecular complexity index is 1110. The molecule has 0 spiro atoms. The van der Waals surface area contributed by atoms with Crippen molar-refractivity contribution < 1.29 is 35.7 Å². The van der Waals surface area contributed by atoms with Gasteiger partial charge in [-0.2, -0.15) is 31.3 Å². The van der Waals surface area contributed by atoms with Crippen LogP contribution in [0.25, 0.3) is 11.4 Å². The van der Waals surface area contributed by atoms with Gasteiger partial charge in [0.05, 0.1) is 11.1 Å². The maximum absolute atomic E-state index is 13.0. The van der Waals surface area contributed by atoms with Gasteiger partial charge >= 0.3 is 12.4 Å². The van der Waals surface area contributed by atoms with Crippen LogP contribution >= 0.6 is 0 Å². The van der Waals surface area contributed by atoms with Gasteiger partial charge in [-0.05, 0) is 42.3 Å². The maximum atomic E-state index is 13.0. The Balaban J connectivity index is 1.85. The molecule has 176 valence electrons. The molecule has 0 radical (unpaired) electrons. The Morgan fingerprint density at radius 3 is 2.21 bits per heavy atom. The molecule has 0 saturated heterocycles. The zero-order valence-electron chi connectivity index (χ0n) is 17.5. The van der Waals surface area contributed by atoms with Gasteiger partial charge in [-0.3, -0.25) is 4.79 Å². The third-order valence-electron chi connectivity index (χ3n) is 5.13. The highest BCUT2D eigenvalue weighted by atomic mass is 19.4. The molecule has 0 aliphatic heterocycles. The fraction of sp³-hybridized carbons (Fsp3) is 0.318. The third-order valence-corrected chi connectivity index (χ3v) is 5.13. The molecule has 1 aromatic heterocycles. The van der Waals surface area contributed by atoms with E-state index in [2.05, 4.69) is 15.5 Å². The van der Waals surface area contributed by atoms with E-state index in [4.69, 9.17) is 4.52 Å². The van der Waals surface area contributed by atoms with Crippen LogP contribution in [0, 0.1) is 5.92 Å². The molecule has 0 unspecified atom stereocenters. The zero-order chi connectivity index (χ0) is 24.4. The highest BCUT2D eigenvalue weighted by Crippen LogP contribution is 2.33. The van der Waals surface area contributed by atoms with Gasteiger partial charge in [0.25, 0.3) is 5.91 Å². The monoisotopic (exact) mass is 471 g/mol. The smallest absolute Gasteiger partial charge is 0.340 e. The minimum atomic E-state index is -4.54. The van der Waals surface area contributed by atoms with Crippen molar-refractivity contribution in [3.63, 3.8) is 0 Å². The number of carbonyl (C=O) groups is 1. The molecule has 0 aliphatic carbocycles. The second kappa shape index (κ2) is 9.24. The second-order valence-electron chi connectivity index (χ2n) is 7.45. The average molecular weight is 471 g/mol. The first kappa shape index (κ1) is 24.3. The summed E-state index contributed by atoms with van der Waals surface area (Å²) in [6, 6.07) is 7.29. The predicted molar refractivity (Wildman–Crippen MR) is 106 cm³/mol. The van der Waals surface area contributed by atoms with E-state index in [-0.39, 0.29) is 28.8 Å². The van der Waals surface area contributed by atoms with Gasteiger partial charge < -0.3 is 9.84 Å². The van der Waals surface area contributed by atoms with E-state index in [9.17, 15) is 31.1 Å². The molecule has 3 aromatic rings. The van der Waals surface area contributed by atoms with Gasteiger partial charge in [0, 0.05) is 11.1 Å². The summed E-state index contributed by atoms with van der Waals surface area (Å²) in [6.07, 6.45) is -8.51. The lowest BCUT2D eigenvalue weighted by Crippen LogP contribution is -2.32. The van der Waals surface area contributed by atoms with Crippen LogP contribution in [0.4, 0.5) is 26.3 Å². The van der Waals surface area contributed by atoms with E-state index in [0.29, 0.717) is 6.42 Å². The molecule has 1 amide bonds. The van der Waals surface area contributed by atoms with Gasteiger partial charge in [0.2, 0.25) is 11.7 Å². The lowest BCUT2D eigenvalue weighted by atomic mass is 9.98. The lowest BCUT2D eigenvalue weighted by Gasteiger charge is -2.21. The van der Waals surface area contributed by atoms with Crippen LogP contribution in [0.1, 0.15) is 53.7 Å². The largest absolute Gasteiger partial charge is 0.416 e. The number of nitrogens with zero attached hydrogens (tertiary/aromatic N) is 2. The molecule has 0 fully saturated rings. The Kier molecular flexibility index (Phi) is 6.80. The predicted octanol–water partition coefficient (Wildman–Crippen LogP) is 6.29. The molecule has 33 heavy (non-hydrogen) atoms. The summed E-state index contributed by atoms with van der Waals surface area (Å²) in [5.74, 6) is -1.00. The van der Waals surface area contributed by atoms with E-state index in [1.807, 2.05) is 6.92 Å². The molecule has 5 nitrogen and oxygen atoms in total. The van der Waals surface area contributed by atoms with Gasteiger partial charge in [0.1, 0.15) is 6.04 Å². The number of halogens is 6. The van der Waals surface area contributed by atoms with Crippen LogP contribution in [0.15, 0.2) is 53.1 Å². The van der Waals surface area contributed by atoms with Crippen molar-refractivity contribution in [1.29, 1.82) is 0 Å². The summed E-state index contributed by atoms with van der Waals surface area (Å²) in [7, 11) is 0. The summed E-state index contributed by atoms with van der Waals surface area (Å²) in [5.41, 5.74) is -1.69. The molecular formula is C22H19F6N3O2. The van der Waals surface area contributed by atoms with Crippen molar-refractivity contribution in [2.75, 3.05) is 0 Å². The van der Waals surface area contributed by atoms with Crippen molar-refractivity contribution in [2.45, 2.75) is 38.7 Å². The van der Waals surface area contributed by atoms with Gasteiger partial charge in [-0.25, -0.2) is 0 Å². The zero-order valence-corrected chi connectivity index (χ0v) is 17.5. The van der Waals surface area contributed by atoms with E-state index in [1.54, 1.807) is 6.92 Å². The van der Waals surface area contributed by atoms with Crippen molar-refractivity contribution >= 4 is 5.91 Å². The Hall–Kier alpha value is -3.37. The molecule has 0 bridgehead atoms. The molecule has 0 aliphatic rings. The lowest BCUT2D eigenvalue weighted by molar-refractivity contribution is -0.138. The molecule has 0 saturated carbocycles. The number of benzene rings is 2. The van der Waals surface area contributed by atoms with Crippen molar-refractivity contribution in [3.05, 3.63) is 71.1 Å². The van der Waals surface area contributed by atoms with Crippen LogP contribution < -0.4 is 5.32 Å². The van der Waals surface area contributed by atoms with E-state index in [1.165, 1.54) is 12.1 Å². The van der Waals surface area contributed by atoms with E-state index in [0.717, 1.165) is 36.4 Å². The Morgan fingerprint density at radius 1 is 1.00 bits per heavy atom. The quantitative estimate of drug-likeness (QED) is 0.429. The number of hydrogen-bond donors (Lipinski definition) is 1. The fourth-order valence-corrected chi connectivity index (χ4v) is 3.03. The van der Waals surface area contributed by atoms with Crippen molar-refractivity contribution in [1.82, 2.24) is 15.5 Å². The normalized spacial score (nSPS) is 14.1. The van der Waals surface area contributed by atoms with Crippen LogP contribution in [0.5, 0.6) is 0 Å². The number of carbonyl (C=O) groups excluding carboxylic acids is 1. The molecule has 11 heteroatoms. The maximum Gasteiger partial charge on any atom is 0.416 e. The van der Waals surface area contributed by atoms with Crippen LogP contribution in [0.3, 0.4) is 0 Å². The Morgan fingerprint density at radius 2 is 1.64 bits per heavy atom. The number of hydrogen-bond acceptors (Lipinski definition) is 4. The summed E-state index contributed by atoms with van der Waals surface area (Å²) in [6.45, 7) is 3.62. The van der Waals surface area contributed by atoms with E-state index >= 15 is 0 Å². The van der Waals surface area contributed by atoms with Crippen molar-refractivity contribution in [2.24, 2.45) is 5.92 Å². The van der Waals surface area contributed by atoms with E-state index < -0.39 is 35.4 Å². The van der Waals surface area contributed by atoms with Crippen molar-refractivity contribution in [3.8, 4) is 11.4 Å². The van der Waals surface area contributed by atoms with Gasteiger partial charge in [-0.1, -0.05) is 37.6 Å². The number of nitrogens with one attached hydrogen (secondary N) is 1. The van der Waals surface area contributed by atoms with Gasteiger partial charge in [0.15, 0.2) is 0 Å². The summed E-state index contributed by atoms with van der Waals surface area (Å²) in [4.78, 5) is 16.8. The SMILES string of the molecule is CC[C@@H](C)[C@@H](NC(=O)c1ccc(C(F)(F)F)cc1)c1nc(-c2cccc(C(F)(F)F)c2)no1. The third kappa shape index (κ3) is 5.71. The first-order chi connectivity index (χ1) is 15.4. The minimum absolute atomic E-state index is 0.00563. The number of alkyl halides is 6. The highest BCUT2D eigenvalue weighted by molar-refractivity contribution is 5.94. The van der Waals surface area contributed by atoms with Gasteiger partial charge in [-0.15, -0.1) is 0 Å². The molecule has 1 N–H and O–H groups in total. The molecular weight excluding hydrogens is 452 g/mol. The minimum Gasteiger partial charge on any atom is -0.340 e. The first-order valence-corrected chi connectivity index (χ1v) is 9.89. The Labute approximate surface area is 184 Å². The first-order valence-electron chi connectivity index (χ1n) is 9.89.